The Labute approximate surface area is 108 Å². The van der Waals surface area contributed by atoms with Crippen LogP contribution in [0.3, 0.4) is 0 Å². The Bertz CT molecular complexity index is 411. The first-order chi connectivity index (χ1) is 8.66. The molecule has 0 bridgehead atoms. The topological polar surface area (TPSA) is 44.4 Å². The van der Waals surface area contributed by atoms with Crippen molar-refractivity contribution in [1.82, 2.24) is 10.2 Å². The van der Waals surface area contributed by atoms with Gasteiger partial charge in [-0.25, -0.2) is 0 Å². The zero-order chi connectivity index (χ0) is 13.0. The molecule has 2 N–H and O–H groups in total. The Morgan fingerprint density at radius 1 is 1.50 bits per heavy atom. The minimum absolute atomic E-state index is 0.0395. The van der Waals surface area contributed by atoms with E-state index in [2.05, 4.69) is 10.6 Å². The molecule has 0 aliphatic carbocycles. The van der Waals surface area contributed by atoms with Crippen molar-refractivity contribution in [2.75, 3.05) is 32.5 Å². The van der Waals surface area contributed by atoms with Gasteiger partial charge in [-0.1, -0.05) is 6.07 Å². The minimum atomic E-state index is 0.0395. The van der Waals surface area contributed by atoms with Crippen molar-refractivity contribution in [1.29, 1.82) is 0 Å². The van der Waals surface area contributed by atoms with Crippen LogP contribution in [0.4, 0.5) is 5.69 Å². The number of amides is 1. The number of carbonyl (C=O) groups is 1. The predicted octanol–water partition coefficient (Wildman–Crippen LogP) is 1.55. The van der Waals surface area contributed by atoms with Gasteiger partial charge in [-0.2, -0.15) is 0 Å². The second-order valence-corrected chi connectivity index (χ2v) is 4.95. The molecular formula is C14H21N3O. The smallest absolute Gasteiger partial charge is 0.253 e. The minimum Gasteiger partial charge on any atom is -0.383 e. The number of anilines is 1. The van der Waals surface area contributed by atoms with E-state index in [1.165, 1.54) is 12.8 Å². The van der Waals surface area contributed by atoms with Gasteiger partial charge in [0.05, 0.1) is 0 Å². The van der Waals surface area contributed by atoms with E-state index in [0.717, 1.165) is 24.3 Å². The van der Waals surface area contributed by atoms with E-state index in [9.17, 15) is 4.79 Å². The summed E-state index contributed by atoms with van der Waals surface area (Å²) in [5, 5.41) is 6.83. The van der Waals surface area contributed by atoms with Crippen LogP contribution in [0.1, 0.15) is 23.2 Å². The molecule has 0 aromatic heterocycles. The second kappa shape index (κ2) is 5.87. The first kappa shape index (κ1) is 12.9. The molecule has 1 aromatic rings. The molecule has 1 amide bonds. The van der Waals surface area contributed by atoms with E-state index in [-0.39, 0.29) is 5.91 Å². The quantitative estimate of drug-likeness (QED) is 0.848. The Balaban J connectivity index is 1.96. The van der Waals surface area contributed by atoms with Crippen molar-refractivity contribution in [2.45, 2.75) is 18.9 Å². The molecule has 2 rings (SSSR count). The van der Waals surface area contributed by atoms with Gasteiger partial charge in [0.15, 0.2) is 0 Å². The second-order valence-electron chi connectivity index (χ2n) is 4.95. The molecule has 1 aliphatic rings. The molecule has 1 aliphatic heterocycles. The van der Waals surface area contributed by atoms with Crippen molar-refractivity contribution in [3.05, 3.63) is 29.8 Å². The molecule has 4 heteroatoms. The Morgan fingerprint density at radius 3 is 3.00 bits per heavy atom. The van der Waals surface area contributed by atoms with Gasteiger partial charge in [-0.3, -0.25) is 4.79 Å². The third kappa shape index (κ3) is 3.23. The lowest BCUT2D eigenvalue weighted by Gasteiger charge is -2.14. The molecule has 4 nitrogen and oxygen atoms in total. The van der Waals surface area contributed by atoms with Crippen LogP contribution < -0.4 is 10.6 Å². The van der Waals surface area contributed by atoms with Crippen molar-refractivity contribution < 1.29 is 4.79 Å². The van der Waals surface area contributed by atoms with E-state index >= 15 is 0 Å². The predicted molar refractivity (Wildman–Crippen MR) is 74.0 cm³/mol. The van der Waals surface area contributed by atoms with Gasteiger partial charge in [-0.05, 0) is 37.6 Å². The summed E-state index contributed by atoms with van der Waals surface area (Å²) in [5.74, 6) is 0.0395. The highest BCUT2D eigenvalue weighted by Crippen LogP contribution is 2.13. The van der Waals surface area contributed by atoms with E-state index in [1.807, 2.05) is 24.3 Å². The van der Waals surface area contributed by atoms with Gasteiger partial charge in [0, 0.05) is 37.9 Å². The van der Waals surface area contributed by atoms with Gasteiger partial charge in [0.2, 0.25) is 0 Å². The summed E-state index contributed by atoms with van der Waals surface area (Å²) in [6.45, 7) is 2.03. The molecule has 1 unspecified atom stereocenters. The maximum Gasteiger partial charge on any atom is 0.253 e. The maximum absolute atomic E-state index is 11.8. The lowest BCUT2D eigenvalue weighted by atomic mass is 10.1. The van der Waals surface area contributed by atoms with E-state index in [1.54, 1.807) is 19.0 Å². The van der Waals surface area contributed by atoms with Crippen LogP contribution in [0, 0.1) is 0 Å². The first-order valence-electron chi connectivity index (χ1n) is 6.46. The molecular weight excluding hydrogens is 226 g/mol. The molecule has 18 heavy (non-hydrogen) atoms. The lowest BCUT2D eigenvalue weighted by Crippen LogP contribution is -2.29. The van der Waals surface area contributed by atoms with Gasteiger partial charge in [0.25, 0.3) is 5.91 Å². The maximum atomic E-state index is 11.8. The summed E-state index contributed by atoms with van der Waals surface area (Å²) in [6, 6.07) is 8.24. The third-order valence-electron chi connectivity index (χ3n) is 3.23. The Kier molecular flexibility index (Phi) is 4.20. The molecule has 0 radical (unpaired) electrons. The van der Waals surface area contributed by atoms with Crippen molar-refractivity contribution in [2.24, 2.45) is 0 Å². The van der Waals surface area contributed by atoms with E-state index in [4.69, 9.17) is 0 Å². The van der Waals surface area contributed by atoms with Gasteiger partial charge in [-0.15, -0.1) is 0 Å². The van der Waals surface area contributed by atoms with Gasteiger partial charge < -0.3 is 15.5 Å². The van der Waals surface area contributed by atoms with Gasteiger partial charge in [0.1, 0.15) is 0 Å². The normalized spacial score (nSPS) is 18.7. The molecule has 98 valence electrons. The fraction of sp³-hybridized carbons (Fsp3) is 0.500. The number of hydrogen-bond donors (Lipinski definition) is 2. The first-order valence-corrected chi connectivity index (χ1v) is 6.46. The molecule has 1 aromatic carbocycles. The molecule has 0 spiro atoms. The van der Waals surface area contributed by atoms with Crippen molar-refractivity contribution in [3.63, 3.8) is 0 Å². The number of hydrogen-bond acceptors (Lipinski definition) is 3. The zero-order valence-corrected chi connectivity index (χ0v) is 11.1. The van der Waals surface area contributed by atoms with Crippen LogP contribution in [-0.4, -0.2) is 44.0 Å². The van der Waals surface area contributed by atoms with E-state index < -0.39 is 0 Å². The molecule has 1 heterocycles. The van der Waals surface area contributed by atoms with Crippen molar-refractivity contribution in [3.8, 4) is 0 Å². The average Bonchev–Trinajstić information content (AvgIpc) is 2.89. The van der Waals surface area contributed by atoms with Crippen LogP contribution in [-0.2, 0) is 0 Å². The number of rotatable bonds is 4. The van der Waals surface area contributed by atoms with Crippen LogP contribution in [0.2, 0.25) is 0 Å². The highest BCUT2D eigenvalue weighted by molar-refractivity contribution is 5.94. The summed E-state index contributed by atoms with van der Waals surface area (Å²) in [6.07, 6.45) is 2.48. The number of benzene rings is 1. The van der Waals surface area contributed by atoms with Crippen LogP contribution >= 0.6 is 0 Å². The molecule has 1 saturated heterocycles. The summed E-state index contributed by atoms with van der Waals surface area (Å²) < 4.78 is 0. The van der Waals surface area contributed by atoms with Crippen LogP contribution in [0.5, 0.6) is 0 Å². The summed E-state index contributed by atoms with van der Waals surface area (Å²) in [5.41, 5.74) is 1.74. The van der Waals surface area contributed by atoms with Gasteiger partial charge >= 0.3 is 0 Å². The Morgan fingerprint density at radius 2 is 2.33 bits per heavy atom. The SMILES string of the molecule is CN(C)C(=O)c1cccc(NCC2CCCN2)c1. The highest BCUT2D eigenvalue weighted by Gasteiger charge is 2.13. The third-order valence-corrected chi connectivity index (χ3v) is 3.23. The standard InChI is InChI=1S/C14H21N3O/c1-17(2)14(18)11-5-3-6-12(9-11)16-10-13-7-4-8-15-13/h3,5-6,9,13,15-16H,4,7-8,10H2,1-2H3. The zero-order valence-electron chi connectivity index (χ0n) is 11.1. The molecule has 1 atom stereocenters. The largest absolute Gasteiger partial charge is 0.383 e. The van der Waals surface area contributed by atoms with Crippen LogP contribution in [0.25, 0.3) is 0 Å². The fourth-order valence-electron chi connectivity index (χ4n) is 2.19. The van der Waals surface area contributed by atoms with E-state index in [0.29, 0.717) is 6.04 Å². The molecule has 0 saturated carbocycles. The molecule has 1 fully saturated rings. The lowest BCUT2D eigenvalue weighted by molar-refractivity contribution is 0.0827. The summed E-state index contributed by atoms with van der Waals surface area (Å²) in [7, 11) is 3.54. The average molecular weight is 247 g/mol. The highest BCUT2D eigenvalue weighted by atomic mass is 16.2. The van der Waals surface area contributed by atoms with Crippen molar-refractivity contribution >= 4 is 11.6 Å². The monoisotopic (exact) mass is 247 g/mol. The summed E-state index contributed by atoms with van der Waals surface area (Å²) >= 11 is 0. The van der Waals surface area contributed by atoms with Crippen LogP contribution in [0.15, 0.2) is 24.3 Å². The Hall–Kier alpha value is -1.55. The summed E-state index contributed by atoms with van der Waals surface area (Å²) in [4.78, 5) is 13.4. The fourth-order valence-corrected chi connectivity index (χ4v) is 2.19. The number of nitrogens with zero attached hydrogens (tertiary/aromatic N) is 1. The number of carbonyl (C=O) groups excluding carboxylic acids is 1. The number of nitrogens with one attached hydrogen (secondary N) is 2.